The SMILES string of the molecule is NC1C(=O)c2ccccc2OC12CCN(CCc1cccc3ccccc13)CC2. The molecule has 3 aromatic rings. The smallest absolute Gasteiger partial charge is 0.187 e. The molecule has 2 N–H and O–H groups in total. The summed E-state index contributed by atoms with van der Waals surface area (Å²) in [5.74, 6) is 0.694. The minimum Gasteiger partial charge on any atom is -0.484 e. The molecule has 0 radical (unpaired) electrons. The van der Waals surface area contributed by atoms with Gasteiger partial charge in [0.2, 0.25) is 0 Å². The molecule has 29 heavy (non-hydrogen) atoms. The Morgan fingerprint density at radius 2 is 1.69 bits per heavy atom. The number of carbonyl (C=O) groups is 1. The van der Waals surface area contributed by atoms with E-state index in [-0.39, 0.29) is 5.78 Å². The highest BCUT2D eigenvalue weighted by Gasteiger charge is 2.49. The molecular weight excluding hydrogens is 360 g/mol. The van der Waals surface area contributed by atoms with Crippen LogP contribution in [0.1, 0.15) is 28.8 Å². The summed E-state index contributed by atoms with van der Waals surface area (Å²) in [6.45, 7) is 2.80. The molecule has 2 heterocycles. The summed E-state index contributed by atoms with van der Waals surface area (Å²) < 4.78 is 6.34. The van der Waals surface area contributed by atoms with Crippen LogP contribution < -0.4 is 10.5 Å². The number of likely N-dealkylation sites (tertiary alicyclic amines) is 1. The highest BCUT2D eigenvalue weighted by Crippen LogP contribution is 2.38. The standard InChI is InChI=1S/C25H26N2O2/c26-24-23(28)21-10-3-4-11-22(21)29-25(24)13-16-27(17-14-25)15-12-19-8-5-7-18-6-1-2-9-20(18)19/h1-11,24H,12-17,26H2. The van der Waals surface area contributed by atoms with Gasteiger partial charge in [0.25, 0.3) is 0 Å². The summed E-state index contributed by atoms with van der Waals surface area (Å²) >= 11 is 0. The Kier molecular flexibility index (Phi) is 4.61. The van der Waals surface area contributed by atoms with Crippen molar-refractivity contribution in [2.24, 2.45) is 5.73 Å². The van der Waals surface area contributed by atoms with Crippen LogP contribution in [0, 0.1) is 0 Å². The molecule has 148 valence electrons. The number of hydrogen-bond donors (Lipinski definition) is 1. The van der Waals surface area contributed by atoms with Gasteiger partial charge in [-0.05, 0) is 34.9 Å². The second kappa shape index (κ2) is 7.29. The van der Waals surface area contributed by atoms with Crippen molar-refractivity contribution in [3.8, 4) is 5.75 Å². The third kappa shape index (κ3) is 3.22. The summed E-state index contributed by atoms with van der Waals surface area (Å²) in [5, 5.41) is 2.63. The molecule has 4 nitrogen and oxygen atoms in total. The van der Waals surface area contributed by atoms with E-state index in [1.807, 2.05) is 24.3 Å². The van der Waals surface area contributed by atoms with E-state index in [2.05, 4.69) is 47.4 Å². The first-order valence-corrected chi connectivity index (χ1v) is 10.4. The summed E-state index contributed by atoms with van der Waals surface area (Å²) in [7, 11) is 0. The van der Waals surface area contributed by atoms with Crippen LogP contribution in [0.15, 0.2) is 66.7 Å². The maximum absolute atomic E-state index is 12.8. The van der Waals surface area contributed by atoms with Gasteiger partial charge < -0.3 is 15.4 Å². The number of piperidine rings is 1. The van der Waals surface area contributed by atoms with Crippen LogP contribution in [0.2, 0.25) is 0 Å². The van der Waals surface area contributed by atoms with Crippen LogP contribution in [0.25, 0.3) is 10.8 Å². The number of nitrogens with zero attached hydrogens (tertiary/aromatic N) is 1. The van der Waals surface area contributed by atoms with E-state index in [0.717, 1.165) is 38.9 Å². The Hall–Kier alpha value is -2.69. The van der Waals surface area contributed by atoms with E-state index in [1.165, 1.54) is 16.3 Å². The van der Waals surface area contributed by atoms with Crippen LogP contribution in [0.5, 0.6) is 5.75 Å². The number of benzene rings is 3. The third-order valence-electron chi connectivity index (χ3n) is 6.59. The van der Waals surface area contributed by atoms with Gasteiger partial charge in [-0.3, -0.25) is 4.79 Å². The minimum absolute atomic E-state index is 0.0102. The second-order valence-corrected chi connectivity index (χ2v) is 8.23. The van der Waals surface area contributed by atoms with E-state index in [1.54, 1.807) is 0 Å². The predicted molar refractivity (Wildman–Crippen MR) is 115 cm³/mol. The fourth-order valence-electron chi connectivity index (χ4n) is 4.81. The molecule has 0 aliphatic carbocycles. The Morgan fingerprint density at radius 3 is 2.55 bits per heavy atom. The van der Waals surface area contributed by atoms with Gasteiger partial charge in [0, 0.05) is 32.5 Å². The highest BCUT2D eigenvalue weighted by atomic mass is 16.5. The van der Waals surface area contributed by atoms with Crippen molar-refractivity contribution in [2.75, 3.05) is 19.6 Å². The topological polar surface area (TPSA) is 55.6 Å². The number of ether oxygens (including phenoxy) is 1. The van der Waals surface area contributed by atoms with Gasteiger partial charge in [0.1, 0.15) is 17.4 Å². The van der Waals surface area contributed by atoms with Crippen molar-refractivity contribution in [1.82, 2.24) is 4.90 Å². The molecule has 1 atom stereocenters. The molecule has 0 aromatic heterocycles. The number of ketones is 1. The van der Waals surface area contributed by atoms with Gasteiger partial charge in [-0.2, -0.15) is 0 Å². The summed E-state index contributed by atoms with van der Waals surface area (Å²) in [4.78, 5) is 15.3. The van der Waals surface area contributed by atoms with Gasteiger partial charge in [0.15, 0.2) is 5.78 Å². The molecule has 2 aliphatic rings. The monoisotopic (exact) mass is 386 g/mol. The molecular formula is C25H26N2O2. The molecule has 1 saturated heterocycles. The van der Waals surface area contributed by atoms with E-state index in [0.29, 0.717) is 11.3 Å². The molecule has 4 heteroatoms. The molecule has 0 bridgehead atoms. The first-order valence-electron chi connectivity index (χ1n) is 10.4. The Morgan fingerprint density at radius 1 is 0.966 bits per heavy atom. The highest BCUT2D eigenvalue weighted by molar-refractivity contribution is 6.04. The van der Waals surface area contributed by atoms with Crippen LogP contribution in [0.3, 0.4) is 0 Å². The minimum atomic E-state index is -0.586. The lowest BCUT2D eigenvalue weighted by molar-refractivity contribution is -0.0207. The van der Waals surface area contributed by atoms with Crippen LogP contribution in [-0.2, 0) is 6.42 Å². The fourth-order valence-corrected chi connectivity index (χ4v) is 4.81. The van der Waals surface area contributed by atoms with Gasteiger partial charge in [-0.25, -0.2) is 0 Å². The first kappa shape index (κ1) is 18.3. The van der Waals surface area contributed by atoms with Crippen molar-refractivity contribution in [3.05, 3.63) is 77.9 Å². The molecule has 0 saturated carbocycles. The van der Waals surface area contributed by atoms with Crippen LogP contribution in [-0.4, -0.2) is 42.0 Å². The fraction of sp³-hybridized carbons (Fsp3) is 0.320. The van der Waals surface area contributed by atoms with Crippen LogP contribution in [0.4, 0.5) is 0 Å². The molecule has 2 aliphatic heterocycles. The van der Waals surface area contributed by atoms with Gasteiger partial charge in [-0.15, -0.1) is 0 Å². The first-order chi connectivity index (χ1) is 14.2. The molecule has 1 unspecified atom stereocenters. The van der Waals surface area contributed by atoms with Crippen molar-refractivity contribution < 1.29 is 9.53 Å². The van der Waals surface area contributed by atoms with Crippen LogP contribution >= 0.6 is 0 Å². The number of fused-ring (bicyclic) bond motifs is 2. The maximum atomic E-state index is 12.8. The molecule has 1 fully saturated rings. The summed E-state index contributed by atoms with van der Waals surface area (Å²) in [5.41, 5.74) is 7.82. The van der Waals surface area contributed by atoms with Gasteiger partial charge in [-0.1, -0.05) is 54.6 Å². The average Bonchev–Trinajstić information content (AvgIpc) is 2.77. The predicted octanol–water partition coefficient (Wildman–Crippen LogP) is 3.82. The van der Waals surface area contributed by atoms with E-state index < -0.39 is 11.6 Å². The maximum Gasteiger partial charge on any atom is 0.187 e. The number of nitrogens with two attached hydrogens (primary N) is 1. The van der Waals surface area contributed by atoms with Crippen molar-refractivity contribution in [2.45, 2.75) is 30.9 Å². The van der Waals surface area contributed by atoms with Gasteiger partial charge >= 0.3 is 0 Å². The van der Waals surface area contributed by atoms with E-state index in [9.17, 15) is 4.79 Å². The lowest BCUT2D eigenvalue weighted by Gasteiger charge is -2.47. The average molecular weight is 386 g/mol. The normalized spacial score (nSPS) is 21.1. The zero-order chi connectivity index (χ0) is 19.8. The van der Waals surface area contributed by atoms with E-state index in [4.69, 9.17) is 10.5 Å². The molecule has 1 spiro atoms. The number of carbonyl (C=O) groups excluding carboxylic acids is 1. The van der Waals surface area contributed by atoms with Gasteiger partial charge in [0.05, 0.1) is 5.56 Å². The Bertz CT molecular complexity index is 1050. The Balaban J connectivity index is 1.27. The van der Waals surface area contributed by atoms with Crippen molar-refractivity contribution in [1.29, 1.82) is 0 Å². The third-order valence-corrected chi connectivity index (χ3v) is 6.59. The zero-order valence-electron chi connectivity index (χ0n) is 16.5. The number of Topliss-reactive ketones (excluding diaryl/α,β-unsaturated/α-hetero) is 1. The zero-order valence-corrected chi connectivity index (χ0v) is 16.5. The number of rotatable bonds is 3. The Labute approximate surface area is 171 Å². The summed E-state index contributed by atoms with van der Waals surface area (Å²) in [6.07, 6.45) is 2.58. The van der Waals surface area contributed by atoms with Crippen molar-refractivity contribution in [3.63, 3.8) is 0 Å². The molecule has 0 amide bonds. The molecule has 5 rings (SSSR count). The van der Waals surface area contributed by atoms with E-state index >= 15 is 0 Å². The van der Waals surface area contributed by atoms with Crippen molar-refractivity contribution >= 4 is 16.6 Å². The second-order valence-electron chi connectivity index (χ2n) is 8.23. The lowest BCUT2D eigenvalue weighted by Crippen LogP contribution is -2.63. The largest absolute Gasteiger partial charge is 0.484 e. The number of hydrogen-bond acceptors (Lipinski definition) is 4. The number of para-hydroxylation sites is 1. The molecule has 3 aromatic carbocycles. The summed E-state index contributed by atoms with van der Waals surface area (Å²) in [6, 6.07) is 22.0. The lowest BCUT2D eigenvalue weighted by atomic mass is 9.78. The quantitative estimate of drug-likeness (QED) is 0.744.